The van der Waals surface area contributed by atoms with Crippen LogP contribution in [0.2, 0.25) is 0 Å². The normalized spacial score (nSPS) is 11.4. The van der Waals surface area contributed by atoms with Gasteiger partial charge in [-0.3, -0.25) is 4.79 Å². The molecule has 22 heavy (non-hydrogen) atoms. The number of nitrogens with zero attached hydrogens (tertiary/aromatic N) is 1. The maximum atomic E-state index is 11.7. The summed E-state index contributed by atoms with van der Waals surface area (Å²) in [6, 6.07) is 4.99. The second kappa shape index (κ2) is 7.49. The minimum atomic E-state index is -3.65. The van der Waals surface area contributed by atoms with Crippen molar-refractivity contribution in [2.75, 3.05) is 19.9 Å². The largest absolute Gasteiger partial charge is 0.493 e. The Morgan fingerprint density at radius 3 is 2.36 bits per heavy atom. The van der Waals surface area contributed by atoms with Gasteiger partial charge >= 0.3 is 10.1 Å². The Labute approximate surface area is 132 Å². The van der Waals surface area contributed by atoms with Crippen molar-refractivity contribution in [1.82, 2.24) is 4.90 Å². The van der Waals surface area contributed by atoms with Crippen molar-refractivity contribution in [3.8, 4) is 11.5 Å². The molecule has 0 unspecified atom stereocenters. The van der Waals surface area contributed by atoms with E-state index in [1.165, 1.54) is 14.0 Å². The molecule has 0 aliphatic heterocycles. The smallest absolute Gasteiger partial charge is 0.306 e. The Morgan fingerprint density at radius 2 is 1.91 bits per heavy atom. The topological polar surface area (TPSA) is 72.9 Å². The van der Waals surface area contributed by atoms with E-state index in [-0.39, 0.29) is 11.7 Å². The molecule has 0 aromatic heterocycles. The third-order valence-corrected chi connectivity index (χ3v) is 3.36. The fraction of sp³-hybridized carbons (Fsp3) is 0.533. The molecule has 124 valence electrons. The average Bonchev–Trinajstić information content (AvgIpc) is 2.35. The van der Waals surface area contributed by atoms with E-state index in [2.05, 4.69) is 0 Å². The number of carbonyl (C=O) groups excluding carboxylic acids is 1. The summed E-state index contributed by atoms with van der Waals surface area (Å²) in [6.07, 6.45) is 0.972. The quantitative estimate of drug-likeness (QED) is 0.716. The molecule has 6 nitrogen and oxygen atoms in total. The predicted octanol–water partition coefficient (Wildman–Crippen LogP) is 2.04. The van der Waals surface area contributed by atoms with Gasteiger partial charge in [-0.15, -0.1) is 0 Å². The molecule has 0 atom stereocenters. The zero-order valence-electron chi connectivity index (χ0n) is 13.6. The minimum absolute atomic E-state index is 0.0323. The molecule has 0 heterocycles. The maximum absolute atomic E-state index is 11.7. The molecular weight excluding hydrogens is 306 g/mol. The zero-order valence-corrected chi connectivity index (χ0v) is 14.4. The summed E-state index contributed by atoms with van der Waals surface area (Å²) in [6.45, 7) is 6.59. The summed E-state index contributed by atoms with van der Waals surface area (Å²) >= 11 is 0. The highest BCUT2D eigenvalue weighted by Gasteiger charge is 2.15. The highest BCUT2D eigenvalue weighted by molar-refractivity contribution is 7.86. The molecule has 0 saturated heterocycles. The maximum Gasteiger partial charge on any atom is 0.306 e. The number of rotatable bonds is 7. The van der Waals surface area contributed by atoms with Crippen LogP contribution in [-0.4, -0.2) is 39.1 Å². The number of carbonyl (C=O) groups is 1. The summed E-state index contributed by atoms with van der Waals surface area (Å²) in [5, 5.41) is 0. The van der Waals surface area contributed by atoms with Crippen LogP contribution < -0.4 is 8.92 Å². The summed E-state index contributed by atoms with van der Waals surface area (Å²) in [5.74, 6) is 0.756. The van der Waals surface area contributed by atoms with Crippen molar-refractivity contribution in [3.63, 3.8) is 0 Å². The predicted molar refractivity (Wildman–Crippen MR) is 84.4 cm³/mol. The van der Waals surface area contributed by atoms with Gasteiger partial charge in [0.2, 0.25) is 5.91 Å². The lowest BCUT2D eigenvalue weighted by molar-refractivity contribution is -0.130. The van der Waals surface area contributed by atoms with Crippen LogP contribution in [0.4, 0.5) is 0 Å². The Morgan fingerprint density at radius 1 is 1.27 bits per heavy atom. The van der Waals surface area contributed by atoms with Crippen molar-refractivity contribution >= 4 is 16.0 Å². The number of benzene rings is 1. The third kappa shape index (κ3) is 5.93. The first-order chi connectivity index (χ1) is 10.1. The summed E-state index contributed by atoms with van der Waals surface area (Å²) in [7, 11) is -2.22. The van der Waals surface area contributed by atoms with E-state index in [0.29, 0.717) is 24.8 Å². The number of hydrogen-bond donors (Lipinski definition) is 0. The molecule has 0 fully saturated rings. The van der Waals surface area contributed by atoms with Gasteiger partial charge in [-0.05, 0) is 23.6 Å². The first-order valence-corrected chi connectivity index (χ1v) is 8.76. The molecule has 0 aliphatic rings. The Balaban J connectivity index is 3.05. The summed E-state index contributed by atoms with van der Waals surface area (Å²) < 4.78 is 32.7. The summed E-state index contributed by atoms with van der Waals surface area (Å²) in [5.41, 5.74) is 0.773. The van der Waals surface area contributed by atoms with E-state index in [1.54, 1.807) is 23.1 Å². The van der Waals surface area contributed by atoms with Crippen LogP contribution >= 0.6 is 0 Å². The zero-order chi connectivity index (χ0) is 16.9. The van der Waals surface area contributed by atoms with Crippen molar-refractivity contribution in [1.29, 1.82) is 0 Å². The highest BCUT2D eigenvalue weighted by atomic mass is 32.2. The van der Waals surface area contributed by atoms with Crippen molar-refractivity contribution in [2.45, 2.75) is 27.3 Å². The monoisotopic (exact) mass is 329 g/mol. The molecule has 1 rings (SSSR count). The standard InChI is InChI=1S/C15H23NO5S/c1-11(2)9-16(12(3)17)10-13-6-7-14(20-4)15(8-13)21-22(5,18)19/h6-8,11H,9-10H2,1-5H3. The van der Waals surface area contributed by atoms with E-state index in [0.717, 1.165) is 11.8 Å². The molecule has 0 spiro atoms. The van der Waals surface area contributed by atoms with Crippen molar-refractivity contribution in [3.05, 3.63) is 23.8 Å². The lowest BCUT2D eigenvalue weighted by Crippen LogP contribution is -2.31. The second-order valence-electron chi connectivity index (χ2n) is 5.57. The fourth-order valence-electron chi connectivity index (χ4n) is 2.01. The lowest BCUT2D eigenvalue weighted by Gasteiger charge is -2.23. The third-order valence-electron chi connectivity index (χ3n) is 2.87. The van der Waals surface area contributed by atoms with Crippen LogP contribution in [0.5, 0.6) is 11.5 Å². The van der Waals surface area contributed by atoms with Gasteiger partial charge < -0.3 is 13.8 Å². The van der Waals surface area contributed by atoms with Gasteiger partial charge in [-0.1, -0.05) is 19.9 Å². The molecule has 1 amide bonds. The number of amides is 1. The van der Waals surface area contributed by atoms with Crippen LogP contribution in [0.3, 0.4) is 0 Å². The van der Waals surface area contributed by atoms with Crippen LogP contribution in [0, 0.1) is 5.92 Å². The van der Waals surface area contributed by atoms with Crippen molar-refractivity contribution in [2.24, 2.45) is 5.92 Å². The van der Waals surface area contributed by atoms with E-state index < -0.39 is 10.1 Å². The molecule has 0 bridgehead atoms. The fourth-order valence-corrected chi connectivity index (χ4v) is 2.47. The minimum Gasteiger partial charge on any atom is -0.493 e. The molecular formula is C15H23NO5S. The molecule has 7 heteroatoms. The van der Waals surface area contributed by atoms with Gasteiger partial charge in [0, 0.05) is 20.0 Å². The second-order valence-corrected chi connectivity index (χ2v) is 7.14. The lowest BCUT2D eigenvalue weighted by atomic mass is 10.1. The van der Waals surface area contributed by atoms with E-state index >= 15 is 0 Å². The van der Waals surface area contributed by atoms with Gasteiger partial charge in [0.15, 0.2) is 11.5 Å². The molecule has 0 aliphatic carbocycles. The van der Waals surface area contributed by atoms with Gasteiger partial charge in [-0.25, -0.2) is 0 Å². The molecule has 1 aromatic carbocycles. The number of hydrogen-bond acceptors (Lipinski definition) is 5. The highest BCUT2D eigenvalue weighted by Crippen LogP contribution is 2.29. The first kappa shape index (κ1) is 18.3. The Bertz CT molecular complexity index is 625. The van der Waals surface area contributed by atoms with E-state index in [1.807, 2.05) is 13.8 Å². The molecule has 0 radical (unpaired) electrons. The average molecular weight is 329 g/mol. The van der Waals surface area contributed by atoms with Crippen LogP contribution in [0.1, 0.15) is 26.3 Å². The van der Waals surface area contributed by atoms with E-state index in [4.69, 9.17) is 8.92 Å². The van der Waals surface area contributed by atoms with Crippen LogP contribution in [-0.2, 0) is 21.5 Å². The van der Waals surface area contributed by atoms with Gasteiger partial charge in [0.1, 0.15) is 0 Å². The van der Waals surface area contributed by atoms with Gasteiger partial charge in [0.05, 0.1) is 13.4 Å². The first-order valence-electron chi connectivity index (χ1n) is 6.94. The van der Waals surface area contributed by atoms with Crippen LogP contribution in [0.15, 0.2) is 18.2 Å². The Hall–Kier alpha value is -1.76. The van der Waals surface area contributed by atoms with Crippen LogP contribution in [0.25, 0.3) is 0 Å². The number of ether oxygens (including phenoxy) is 1. The van der Waals surface area contributed by atoms with Gasteiger partial charge in [-0.2, -0.15) is 8.42 Å². The number of methoxy groups -OCH3 is 1. The van der Waals surface area contributed by atoms with Crippen molar-refractivity contribution < 1.29 is 22.1 Å². The van der Waals surface area contributed by atoms with E-state index in [9.17, 15) is 13.2 Å². The SMILES string of the molecule is COc1ccc(CN(CC(C)C)C(C)=O)cc1OS(C)(=O)=O. The molecule has 0 N–H and O–H groups in total. The molecule has 1 aromatic rings. The Kier molecular flexibility index (Phi) is 6.22. The molecule has 0 saturated carbocycles. The van der Waals surface area contributed by atoms with Gasteiger partial charge in [0.25, 0.3) is 0 Å². The summed E-state index contributed by atoms with van der Waals surface area (Å²) in [4.78, 5) is 13.4.